The van der Waals surface area contributed by atoms with E-state index in [0.717, 1.165) is 0 Å². The van der Waals surface area contributed by atoms with Gasteiger partial charge in [0.1, 0.15) is 5.82 Å². The number of nitrogens with zero attached hydrogens (tertiary/aromatic N) is 1. The Morgan fingerprint density at radius 3 is 2.10 bits per heavy atom. The van der Waals surface area contributed by atoms with Gasteiger partial charge in [0.05, 0.1) is 28.9 Å². The summed E-state index contributed by atoms with van der Waals surface area (Å²) >= 11 is 0. The zero-order valence-corrected chi connectivity index (χ0v) is 22.4. The maximum absolute atomic E-state index is 13.7. The molecule has 0 spiro atoms. The number of hydrogen-bond donors (Lipinski definition) is 2. The van der Waals surface area contributed by atoms with Crippen molar-refractivity contribution in [1.82, 2.24) is 10.2 Å². The minimum absolute atomic E-state index is 0.00399. The predicted octanol–water partition coefficient (Wildman–Crippen LogP) is 5.32. The van der Waals surface area contributed by atoms with Gasteiger partial charge in [0.25, 0.3) is 0 Å². The molecular weight excluding hydrogens is 559 g/mol. The van der Waals surface area contributed by atoms with Gasteiger partial charge in [-0.15, -0.1) is 0 Å². The Hall–Kier alpha value is -3.19. The number of ether oxygens (including phenoxy) is 1. The molecule has 6 nitrogen and oxygen atoms in total. The summed E-state index contributed by atoms with van der Waals surface area (Å²) in [6.07, 6.45) is -11.9. The Kier molecular flexibility index (Phi) is 8.18. The van der Waals surface area contributed by atoms with Crippen LogP contribution in [0.1, 0.15) is 67.9 Å². The molecule has 3 N–H and O–H groups in total. The Balaban J connectivity index is 1.67. The predicted molar refractivity (Wildman–Crippen MR) is 134 cm³/mol. The number of nitrogens with two attached hydrogens (primary N) is 1. The first kappa shape index (κ1) is 30.8. The molecule has 0 bridgehead atoms. The number of carbonyl (C=O) groups is 2. The van der Waals surface area contributed by atoms with Crippen molar-refractivity contribution < 1.29 is 45.1 Å². The number of fused-ring (bicyclic) bond motifs is 1. The minimum atomic E-state index is -5.02. The lowest BCUT2D eigenvalue weighted by molar-refractivity contribution is -0.143. The fourth-order valence-electron chi connectivity index (χ4n) is 5.43. The van der Waals surface area contributed by atoms with Crippen LogP contribution in [-0.2, 0) is 26.7 Å². The first-order valence-electron chi connectivity index (χ1n) is 12.9. The molecule has 2 saturated heterocycles. The third kappa shape index (κ3) is 6.83. The largest absolute Gasteiger partial charge is 0.416 e. The van der Waals surface area contributed by atoms with Crippen LogP contribution in [0.4, 0.5) is 30.7 Å². The molecule has 2 aromatic rings. The van der Waals surface area contributed by atoms with E-state index in [-0.39, 0.29) is 36.9 Å². The summed E-state index contributed by atoms with van der Waals surface area (Å²) in [7, 11) is 0. The minimum Gasteiger partial charge on any atom is -0.368 e. The number of alkyl halides is 6. The van der Waals surface area contributed by atoms with Crippen molar-refractivity contribution >= 4 is 11.8 Å². The van der Waals surface area contributed by atoms with Crippen LogP contribution in [0, 0.1) is 5.82 Å². The van der Waals surface area contributed by atoms with Gasteiger partial charge in [-0.25, -0.2) is 4.39 Å². The maximum Gasteiger partial charge on any atom is 0.416 e. The quantitative estimate of drug-likeness (QED) is 0.447. The number of hydrogen-bond acceptors (Lipinski definition) is 4. The highest BCUT2D eigenvalue weighted by molar-refractivity contribution is 5.86. The number of piperidine rings is 1. The highest BCUT2D eigenvalue weighted by Crippen LogP contribution is 2.44. The van der Waals surface area contributed by atoms with Gasteiger partial charge in [-0.1, -0.05) is 12.1 Å². The highest BCUT2D eigenvalue weighted by atomic mass is 19.4. The number of carbonyl (C=O) groups excluding carboxylic acids is 2. The Morgan fingerprint density at radius 2 is 1.59 bits per heavy atom. The molecule has 2 aliphatic heterocycles. The molecule has 0 aliphatic carbocycles. The van der Waals surface area contributed by atoms with E-state index in [1.807, 2.05) is 0 Å². The Morgan fingerprint density at radius 1 is 1.02 bits per heavy atom. The van der Waals surface area contributed by atoms with E-state index < -0.39 is 71.0 Å². The topological polar surface area (TPSA) is 84.7 Å². The molecule has 224 valence electrons. The molecule has 2 amide bonds. The van der Waals surface area contributed by atoms with Gasteiger partial charge >= 0.3 is 12.4 Å². The SMILES string of the molecule is C[C@@H](O[C@H]1CN2C(=O)CC(NC(=O)C(C)(C)N)C[C@H]2[C@@H]1c1ccc(F)cc1)c1cc(C(F)(F)F)cc(C(F)(F)F)c1. The fourth-order valence-corrected chi connectivity index (χ4v) is 5.43. The van der Waals surface area contributed by atoms with Gasteiger partial charge in [-0.05, 0) is 68.7 Å². The van der Waals surface area contributed by atoms with E-state index >= 15 is 0 Å². The van der Waals surface area contributed by atoms with Gasteiger partial charge in [0, 0.05) is 31.0 Å². The average Bonchev–Trinajstić information content (AvgIpc) is 3.21. The molecular formula is C28H30F7N3O3. The smallest absolute Gasteiger partial charge is 0.368 e. The molecule has 2 fully saturated rings. The van der Waals surface area contributed by atoms with E-state index in [1.165, 1.54) is 49.9 Å². The molecule has 0 aromatic heterocycles. The lowest BCUT2D eigenvalue weighted by atomic mass is 9.84. The van der Waals surface area contributed by atoms with Crippen molar-refractivity contribution in [1.29, 1.82) is 0 Å². The Bertz CT molecular complexity index is 1260. The lowest BCUT2D eigenvalue weighted by Crippen LogP contribution is -2.56. The van der Waals surface area contributed by atoms with Crippen molar-refractivity contribution in [3.05, 3.63) is 70.5 Å². The second-order valence-corrected chi connectivity index (χ2v) is 11.2. The zero-order chi connectivity index (χ0) is 30.5. The van der Waals surface area contributed by atoms with Crippen LogP contribution in [0.5, 0.6) is 0 Å². The summed E-state index contributed by atoms with van der Waals surface area (Å²) in [6, 6.07) is 5.56. The monoisotopic (exact) mass is 589 g/mol. The molecule has 1 unspecified atom stereocenters. The van der Waals surface area contributed by atoms with Crippen molar-refractivity contribution in [3.8, 4) is 0 Å². The highest BCUT2D eigenvalue weighted by Gasteiger charge is 2.50. The van der Waals surface area contributed by atoms with Crippen LogP contribution in [-0.4, -0.2) is 47.0 Å². The van der Waals surface area contributed by atoms with E-state index in [0.29, 0.717) is 17.7 Å². The van der Waals surface area contributed by atoms with Crippen molar-refractivity contribution in [2.45, 2.75) is 81.7 Å². The molecule has 4 rings (SSSR count). The van der Waals surface area contributed by atoms with Crippen LogP contribution in [0.2, 0.25) is 0 Å². The third-order valence-electron chi connectivity index (χ3n) is 7.49. The van der Waals surface area contributed by atoms with Crippen LogP contribution in [0.15, 0.2) is 42.5 Å². The van der Waals surface area contributed by atoms with Gasteiger partial charge < -0.3 is 20.7 Å². The number of rotatable bonds is 6. The van der Waals surface area contributed by atoms with Crippen LogP contribution in [0.25, 0.3) is 0 Å². The number of halogens is 7. The van der Waals surface area contributed by atoms with Gasteiger partial charge in [-0.3, -0.25) is 9.59 Å². The van der Waals surface area contributed by atoms with Gasteiger partial charge in [0.2, 0.25) is 11.8 Å². The van der Waals surface area contributed by atoms with Crippen LogP contribution in [0.3, 0.4) is 0 Å². The second-order valence-electron chi connectivity index (χ2n) is 11.2. The molecule has 2 heterocycles. The summed E-state index contributed by atoms with van der Waals surface area (Å²) in [6.45, 7) is 4.37. The molecule has 5 atom stereocenters. The second kappa shape index (κ2) is 10.9. The molecule has 41 heavy (non-hydrogen) atoms. The number of amides is 2. The normalized spacial score (nSPS) is 24.3. The molecule has 0 radical (unpaired) electrons. The summed E-state index contributed by atoms with van der Waals surface area (Å²) < 4.78 is 101. The van der Waals surface area contributed by atoms with Crippen molar-refractivity contribution in [2.75, 3.05) is 6.54 Å². The first-order valence-corrected chi connectivity index (χ1v) is 12.9. The summed E-state index contributed by atoms with van der Waals surface area (Å²) in [5, 5.41) is 2.78. The molecule has 2 aromatic carbocycles. The molecule has 13 heteroatoms. The Labute approximate surface area is 232 Å². The van der Waals surface area contributed by atoms with E-state index in [4.69, 9.17) is 10.5 Å². The van der Waals surface area contributed by atoms with E-state index in [1.54, 1.807) is 0 Å². The fraction of sp³-hybridized carbons (Fsp3) is 0.500. The summed E-state index contributed by atoms with van der Waals surface area (Å²) in [5.41, 5.74) is 1.97. The van der Waals surface area contributed by atoms with Crippen LogP contribution < -0.4 is 11.1 Å². The number of benzene rings is 2. The number of nitrogens with one attached hydrogen (secondary N) is 1. The van der Waals surface area contributed by atoms with E-state index in [2.05, 4.69) is 5.32 Å². The van der Waals surface area contributed by atoms with Crippen molar-refractivity contribution in [3.63, 3.8) is 0 Å². The summed E-state index contributed by atoms with van der Waals surface area (Å²) in [5.74, 6) is -1.91. The molecule has 0 saturated carbocycles. The van der Waals surface area contributed by atoms with Crippen molar-refractivity contribution in [2.24, 2.45) is 5.73 Å². The first-order chi connectivity index (χ1) is 18.8. The standard InChI is InChI=1S/C28H30F7N3O3/c1-14(16-8-17(27(30,31)32)10-18(9-16)28(33,34)35)41-22-13-38-21(24(22)15-4-6-19(29)7-5-15)11-20(12-23(38)39)37-25(40)26(2,3)36/h4-10,14,20-22,24H,11-13,36H2,1-3H3,(H,37,40)/t14-,20?,21+,22+,24+/m1/s1. The maximum atomic E-state index is 13.7. The van der Waals surface area contributed by atoms with E-state index in [9.17, 15) is 40.3 Å². The van der Waals surface area contributed by atoms with Crippen LogP contribution >= 0.6 is 0 Å². The third-order valence-corrected chi connectivity index (χ3v) is 7.49. The summed E-state index contributed by atoms with van der Waals surface area (Å²) in [4.78, 5) is 27.2. The lowest BCUT2D eigenvalue weighted by Gasteiger charge is -2.38. The molecule has 2 aliphatic rings. The zero-order valence-electron chi connectivity index (χ0n) is 22.4. The van der Waals surface area contributed by atoms with Gasteiger partial charge in [-0.2, -0.15) is 26.3 Å². The van der Waals surface area contributed by atoms with Gasteiger partial charge in [0.15, 0.2) is 0 Å². The average molecular weight is 590 g/mol.